The van der Waals surface area contributed by atoms with Gasteiger partial charge in [0.25, 0.3) is 0 Å². The highest BCUT2D eigenvalue weighted by molar-refractivity contribution is 5.18. The Morgan fingerprint density at radius 3 is 2.44 bits per heavy atom. The summed E-state index contributed by atoms with van der Waals surface area (Å²) in [5, 5.41) is 6.54. The molecule has 1 aromatic carbocycles. The molecule has 0 radical (unpaired) electrons. The Balaban J connectivity index is 2.11. The molecule has 18 heavy (non-hydrogen) atoms. The van der Waals surface area contributed by atoms with E-state index in [9.17, 15) is 8.78 Å². The molecule has 0 atom stereocenters. The Kier molecular flexibility index (Phi) is 6.83. The first-order chi connectivity index (χ1) is 8.59. The van der Waals surface area contributed by atoms with Crippen LogP contribution in [0, 0.1) is 17.6 Å². The topological polar surface area (TPSA) is 24.1 Å². The minimum Gasteiger partial charge on any atom is -0.315 e. The van der Waals surface area contributed by atoms with Gasteiger partial charge in [0, 0.05) is 19.2 Å². The van der Waals surface area contributed by atoms with E-state index in [2.05, 4.69) is 24.5 Å². The van der Waals surface area contributed by atoms with Crippen LogP contribution in [0.3, 0.4) is 0 Å². The molecular weight excluding hydrogens is 234 g/mol. The molecule has 0 aromatic heterocycles. The molecule has 1 rings (SSSR count). The molecular formula is C14H22F2N2. The van der Waals surface area contributed by atoms with Gasteiger partial charge in [0.15, 0.2) is 0 Å². The average Bonchev–Trinajstić information content (AvgIpc) is 2.30. The minimum absolute atomic E-state index is 0.463. The predicted molar refractivity (Wildman–Crippen MR) is 70.6 cm³/mol. The van der Waals surface area contributed by atoms with Crippen LogP contribution in [0.5, 0.6) is 0 Å². The highest BCUT2D eigenvalue weighted by Crippen LogP contribution is 2.09. The van der Waals surface area contributed by atoms with Crippen molar-refractivity contribution in [2.75, 3.05) is 26.2 Å². The van der Waals surface area contributed by atoms with E-state index in [-0.39, 0.29) is 0 Å². The van der Waals surface area contributed by atoms with E-state index >= 15 is 0 Å². The van der Waals surface area contributed by atoms with Crippen molar-refractivity contribution < 1.29 is 8.78 Å². The summed E-state index contributed by atoms with van der Waals surface area (Å²) >= 11 is 0. The molecule has 0 saturated heterocycles. The normalized spacial score (nSPS) is 11.2. The lowest BCUT2D eigenvalue weighted by atomic mass is 10.1. The van der Waals surface area contributed by atoms with Gasteiger partial charge in [-0.05, 0) is 37.1 Å². The summed E-state index contributed by atoms with van der Waals surface area (Å²) in [7, 11) is 0. The molecule has 0 aliphatic carbocycles. The molecule has 1 aromatic rings. The van der Waals surface area contributed by atoms with Crippen molar-refractivity contribution in [2.24, 2.45) is 5.92 Å². The monoisotopic (exact) mass is 256 g/mol. The quantitative estimate of drug-likeness (QED) is 0.698. The van der Waals surface area contributed by atoms with Crippen LogP contribution in [0.15, 0.2) is 18.2 Å². The number of benzene rings is 1. The maximum absolute atomic E-state index is 13.3. The Morgan fingerprint density at radius 2 is 1.78 bits per heavy atom. The molecule has 2 N–H and O–H groups in total. The number of hydrogen-bond acceptors (Lipinski definition) is 2. The summed E-state index contributed by atoms with van der Waals surface area (Å²) in [6.45, 7) is 7.80. The van der Waals surface area contributed by atoms with Crippen molar-refractivity contribution in [3.8, 4) is 0 Å². The third kappa shape index (κ3) is 6.07. The highest BCUT2D eigenvalue weighted by Gasteiger charge is 2.02. The standard InChI is InChI=1S/C14H22F2N2/c1-11(2)10-18-8-7-17-6-5-12-3-4-13(15)9-14(12)16/h3-4,9,11,17-18H,5-8,10H2,1-2H3. The first-order valence-corrected chi connectivity index (χ1v) is 6.45. The summed E-state index contributed by atoms with van der Waals surface area (Å²) in [6.07, 6.45) is 0.580. The van der Waals surface area contributed by atoms with Gasteiger partial charge in [-0.25, -0.2) is 8.78 Å². The maximum Gasteiger partial charge on any atom is 0.129 e. The van der Waals surface area contributed by atoms with Crippen molar-refractivity contribution in [1.29, 1.82) is 0 Å². The SMILES string of the molecule is CC(C)CNCCNCCc1ccc(F)cc1F. The first kappa shape index (κ1) is 15.1. The molecule has 0 spiro atoms. The molecule has 4 heteroatoms. The predicted octanol–water partition coefficient (Wildman–Crippen LogP) is 2.34. The van der Waals surface area contributed by atoms with Crippen LogP contribution in [0.25, 0.3) is 0 Å². The van der Waals surface area contributed by atoms with E-state index in [1.54, 1.807) is 0 Å². The third-order valence-electron chi connectivity index (χ3n) is 2.62. The molecule has 0 aliphatic heterocycles. The van der Waals surface area contributed by atoms with E-state index in [1.807, 2.05) is 0 Å². The highest BCUT2D eigenvalue weighted by atomic mass is 19.1. The second kappa shape index (κ2) is 8.16. The molecule has 0 unspecified atom stereocenters. The van der Waals surface area contributed by atoms with Crippen LogP contribution in [-0.2, 0) is 6.42 Å². The molecule has 0 amide bonds. The second-order valence-electron chi connectivity index (χ2n) is 4.83. The van der Waals surface area contributed by atoms with Gasteiger partial charge < -0.3 is 10.6 Å². The average molecular weight is 256 g/mol. The van der Waals surface area contributed by atoms with Gasteiger partial charge in [0.1, 0.15) is 11.6 Å². The van der Waals surface area contributed by atoms with Gasteiger partial charge in [-0.1, -0.05) is 19.9 Å². The summed E-state index contributed by atoms with van der Waals surface area (Å²) in [6, 6.07) is 3.73. The van der Waals surface area contributed by atoms with Gasteiger partial charge in [-0.15, -0.1) is 0 Å². The van der Waals surface area contributed by atoms with Gasteiger partial charge in [0.05, 0.1) is 0 Å². The Hall–Kier alpha value is -1.00. The number of hydrogen-bond donors (Lipinski definition) is 2. The van der Waals surface area contributed by atoms with Crippen LogP contribution in [0.2, 0.25) is 0 Å². The molecule has 0 bridgehead atoms. The van der Waals surface area contributed by atoms with E-state index in [1.165, 1.54) is 12.1 Å². The lowest BCUT2D eigenvalue weighted by Crippen LogP contribution is -2.30. The summed E-state index contributed by atoms with van der Waals surface area (Å²) < 4.78 is 26.0. The van der Waals surface area contributed by atoms with E-state index in [0.717, 1.165) is 25.7 Å². The van der Waals surface area contributed by atoms with E-state index in [0.29, 0.717) is 24.4 Å². The Bertz CT molecular complexity index is 354. The van der Waals surface area contributed by atoms with Crippen molar-refractivity contribution in [2.45, 2.75) is 20.3 Å². The number of halogens is 2. The van der Waals surface area contributed by atoms with Gasteiger partial charge in [-0.2, -0.15) is 0 Å². The molecule has 0 saturated carbocycles. The maximum atomic E-state index is 13.3. The summed E-state index contributed by atoms with van der Waals surface area (Å²) in [5.41, 5.74) is 0.555. The minimum atomic E-state index is -0.526. The van der Waals surface area contributed by atoms with Crippen LogP contribution < -0.4 is 10.6 Å². The van der Waals surface area contributed by atoms with E-state index < -0.39 is 11.6 Å². The second-order valence-corrected chi connectivity index (χ2v) is 4.83. The molecule has 0 fully saturated rings. The third-order valence-corrected chi connectivity index (χ3v) is 2.62. The van der Waals surface area contributed by atoms with Crippen molar-refractivity contribution >= 4 is 0 Å². The van der Waals surface area contributed by atoms with Crippen molar-refractivity contribution in [1.82, 2.24) is 10.6 Å². The fourth-order valence-corrected chi connectivity index (χ4v) is 1.64. The van der Waals surface area contributed by atoms with Crippen molar-refractivity contribution in [3.63, 3.8) is 0 Å². The van der Waals surface area contributed by atoms with Crippen LogP contribution in [0.1, 0.15) is 19.4 Å². The Labute approximate surface area is 108 Å². The smallest absolute Gasteiger partial charge is 0.129 e. The summed E-state index contributed by atoms with van der Waals surface area (Å²) in [5.74, 6) is -0.338. The molecule has 0 aliphatic rings. The first-order valence-electron chi connectivity index (χ1n) is 6.45. The number of rotatable bonds is 8. The number of nitrogens with one attached hydrogen (secondary N) is 2. The van der Waals surface area contributed by atoms with Crippen LogP contribution >= 0.6 is 0 Å². The van der Waals surface area contributed by atoms with Gasteiger partial charge in [0.2, 0.25) is 0 Å². The van der Waals surface area contributed by atoms with Gasteiger partial charge in [-0.3, -0.25) is 0 Å². The molecule has 0 heterocycles. The van der Waals surface area contributed by atoms with Crippen LogP contribution in [-0.4, -0.2) is 26.2 Å². The Morgan fingerprint density at radius 1 is 1.06 bits per heavy atom. The zero-order valence-electron chi connectivity index (χ0n) is 11.1. The van der Waals surface area contributed by atoms with Crippen molar-refractivity contribution in [3.05, 3.63) is 35.4 Å². The fourth-order valence-electron chi connectivity index (χ4n) is 1.64. The lowest BCUT2D eigenvalue weighted by Gasteiger charge is -2.08. The van der Waals surface area contributed by atoms with Gasteiger partial charge >= 0.3 is 0 Å². The zero-order chi connectivity index (χ0) is 13.4. The molecule has 2 nitrogen and oxygen atoms in total. The summed E-state index contributed by atoms with van der Waals surface area (Å²) in [4.78, 5) is 0. The zero-order valence-corrected chi connectivity index (χ0v) is 11.1. The largest absolute Gasteiger partial charge is 0.315 e. The molecule has 102 valence electrons. The van der Waals surface area contributed by atoms with Crippen LogP contribution in [0.4, 0.5) is 8.78 Å². The fraction of sp³-hybridized carbons (Fsp3) is 0.571. The van der Waals surface area contributed by atoms with E-state index in [4.69, 9.17) is 0 Å². The lowest BCUT2D eigenvalue weighted by molar-refractivity contribution is 0.532.